The predicted molar refractivity (Wildman–Crippen MR) is 38.8 cm³/mol. The van der Waals surface area contributed by atoms with Crippen LogP contribution in [0.15, 0.2) is 0 Å². The van der Waals surface area contributed by atoms with Crippen LogP contribution >= 0.6 is 23.2 Å². The van der Waals surface area contributed by atoms with Gasteiger partial charge in [-0.15, -0.1) is 23.2 Å². The second-order valence-electron chi connectivity index (χ2n) is 2.73. The highest BCUT2D eigenvalue weighted by atomic mass is 35.5. The van der Waals surface area contributed by atoms with Gasteiger partial charge in [0.1, 0.15) is 4.33 Å². The summed E-state index contributed by atoms with van der Waals surface area (Å²) >= 11 is 11.5. The van der Waals surface area contributed by atoms with Crippen LogP contribution in [0.1, 0.15) is 13.8 Å². The van der Waals surface area contributed by atoms with Crippen LogP contribution in [0, 0.1) is 11.8 Å². The quantitative estimate of drug-likeness (QED) is 0.593. The molecule has 3 heteroatoms. The maximum Gasteiger partial charge on any atom is 0.126 e. The first-order chi connectivity index (χ1) is 3.98. The van der Waals surface area contributed by atoms with Crippen LogP contribution < -0.4 is 0 Å². The van der Waals surface area contributed by atoms with Crippen LogP contribution in [0.5, 0.6) is 0 Å². The fraction of sp³-hybridized carbons (Fsp3) is 1.00. The molecule has 54 valence electrons. The molecule has 1 rings (SSSR count). The third kappa shape index (κ3) is 1.06. The smallest absolute Gasteiger partial charge is 0.126 e. The summed E-state index contributed by atoms with van der Waals surface area (Å²) in [6.45, 7) is 3.66. The lowest BCUT2D eigenvalue weighted by Gasteiger charge is -2.00. The van der Waals surface area contributed by atoms with Gasteiger partial charge >= 0.3 is 0 Å². The van der Waals surface area contributed by atoms with E-state index in [1.807, 2.05) is 6.92 Å². The Hall–Kier alpha value is 0.540. The first-order valence-corrected chi connectivity index (χ1v) is 3.79. The van der Waals surface area contributed by atoms with Crippen molar-refractivity contribution in [2.75, 3.05) is 0 Å². The molecule has 0 radical (unpaired) electrons. The Kier molecular flexibility index (Phi) is 1.71. The molecule has 9 heavy (non-hydrogen) atoms. The molecular formula is C6H10Cl2O. The summed E-state index contributed by atoms with van der Waals surface area (Å²) in [5.74, 6) is 0.307. The predicted octanol–water partition coefficient (Wildman–Crippen LogP) is 1.81. The maximum atomic E-state index is 9.03. The molecule has 0 amide bonds. The van der Waals surface area contributed by atoms with Crippen molar-refractivity contribution < 1.29 is 5.11 Å². The van der Waals surface area contributed by atoms with Gasteiger partial charge in [0, 0.05) is 5.92 Å². The SMILES string of the molecule is CC(O)C1C(C)C1(Cl)Cl. The van der Waals surface area contributed by atoms with Crippen molar-refractivity contribution in [2.24, 2.45) is 11.8 Å². The first-order valence-electron chi connectivity index (χ1n) is 3.03. The standard InChI is InChI=1S/C6H10Cl2O/c1-3-5(4(2)9)6(3,7)8/h3-5,9H,1-2H3. The fourth-order valence-electron chi connectivity index (χ4n) is 1.25. The van der Waals surface area contributed by atoms with Crippen LogP contribution in [-0.4, -0.2) is 15.5 Å². The van der Waals surface area contributed by atoms with E-state index in [4.69, 9.17) is 28.3 Å². The van der Waals surface area contributed by atoms with Gasteiger partial charge in [-0.3, -0.25) is 0 Å². The molecule has 1 saturated carbocycles. The van der Waals surface area contributed by atoms with Crippen LogP contribution in [0.2, 0.25) is 0 Å². The van der Waals surface area contributed by atoms with Crippen molar-refractivity contribution in [3.8, 4) is 0 Å². The molecule has 0 heterocycles. The van der Waals surface area contributed by atoms with Crippen LogP contribution in [0.3, 0.4) is 0 Å². The van der Waals surface area contributed by atoms with Crippen LogP contribution in [0.4, 0.5) is 0 Å². The number of rotatable bonds is 1. The third-order valence-corrected chi connectivity index (χ3v) is 3.19. The lowest BCUT2D eigenvalue weighted by molar-refractivity contribution is 0.165. The largest absolute Gasteiger partial charge is 0.393 e. The normalized spacial score (nSPS) is 42.3. The highest BCUT2D eigenvalue weighted by Gasteiger charge is 2.62. The number of hydrogen-bond donors (Lipinski definition) is 1. The Bertz CT molecular complexity index is 122. The van der Waals surface area contributed by atoms with E-state index in [2.05, 4.69) is 0 Å². The molecule has 0 bridgehead atoms. The van der Waals surface area contributed by atoms with Crippen molar-refractivity contribution in [1.29, 1.82) is 0 Å². The van der Waals surface area contributed by atoms with E-state index in [1.54, 1.807) is 6.92 Å². The van der Waals surface area contributed by atoms with Crippen molar-refractivity contribution >= 4 is 23.2 Å². The third-order valence-electron chi connectivity index (χ3n) is 2.00. The average Bonchev–Trinajstić information content (AvgIpc) is 2.07. The molecule has 3 atom stereocenters. The van der Waals surface area contributed by atoms with Crippen molar-refractivity contribution in [1.82, 2.24) is 0 Å². The van der Waals surface area contributed by atoms with E-state index in [0.29, 0.717) is 0 Å². The summed E-state index contributed by atoms with van der Waals surface area (Å²) in [6.07, 6.45) is -0.380. The van der Waals surface area contributed by atoms with Crippen molar-refractivity contribution in [3.05, 3.63) is 0 Å². The molecule has 0 aromatic rings. The van der Waals surface area contributed by atoms with E-state index in [-0.39, 0.29) is 17.9 Å². The van der Waals surface area contributed by atoms with Crippen LogP contribution in [-0.2, 0) is 0 Å². The van der Waals surface area contributed by atoms with Gasteiger partial charge in [-0.05, 0) is 12.8 Å². The van der Waals surface area contributed by atoms with E-state index in [1.165, 1.54) is 0 Å². The maximum absolute atomic E-state index is 9.03. The molecule has 1 nitrogen and oxygen atoms in total. The Morgan fingerprint density at radius 2 is 1.89 bits per heavy atom. The molecule has 0 saturated heterocycles. The molecule has 1 N–H and O–H groups in total. The summed E-state index contributed by atoms with van der Waals surface area (Å²) in [7, 11) is 0. The zero-order valence-corrected chi connectivity index (χ0v) is 6.95. The van der Waals surface area contributed by atoms with Gasteiger partial charge in [-0.2, -0.15) is 0 Å². The van der Waals surface area contributed by atoms with Gasteiger partial charge in [-0.1, -0.05) is 6.92 Å². The summed E-state index contributed by atoms with van der Waals surface area (Å²) in [5, 5.41) is 9.03. The Balaban J connectivity index is 2.52. The molecule has 0 spiro atoms. The second kappa shape index (κ2) is 2.01. The van der Waals surface area contributed by atoms with Crippen molar-refractivity contribution in [2.45, 2.75) is 24.3 Å². The molecule has 0 aliphatic heterocycles. The molecular weight excluding hydrogens is 159 g/mol. The van der Waals surface area contributed by atoms with E-state index >= 15 is 0 Å². The Labute approximate surface area is 65.0 Å². The van der Waals surface area contributed by atoms with E-state index in [0.717, 1.165) is 0 Å². The minimum absolute atomic E-state index is 0.0702. The minimum Gasteiger partial charge on any atom is -0.393 e. The highest BCUT2D eigenvalue weighted by molar-refractivity contribution is 6.51. The summed E-state index contributed by atoms with van der Waals surface area (Å²) in [6, 6.07) is 0. The van der Waals surface area contributed by atoms with Crippen LogP contribution in [0.25, 0.3) is 0 Å². The fourth-order valence-corrected chi connectivity index (χ4v) is 2.14. The van der Waals surface area contributed by atoms with E-state index in [9.17, 15) is 0 Å². The number of aliphatic hydroxyl groups excluding tert-OH is 1. The molecule has 1 aliphatic carbocycles. The summed E-state index contributed by atoms with van der Waals surface area (Å²) in [4.78, 5) is 0. The summed E-state index contributed by atoms with van der Waals surface area (Å²) in [5.41, 5.74) is 0. The van der Waals surface area contributed by atoms with Gasteiger partial charge in [0.2, 0.25) is 0 Å². The number of halogens is 2. The number of aliphatic hydroxyl groups is 1. The van der Waals surface area contributed by atoms with Crippen molar-refractivity contribution in [3.63, 3.8) is 0 Å². The second-order valence-corrected chi connectivity index (χ2v) is 4.17. The topological polar surface area (TPSA) is 20.2 Å². The lowest BCUT2D eigenvalue weighted by atomic mass is 10.2. The molecule has 0 aromatic heterocycles. The first kappa shape index (κ1) is 7.64. The molecule has 0 aromatic carbocycles. The zero-order chi connectivity index (χ0) is 7.23. The minimum atomic E-state index is -0.659. The molecule has 1 aliphatic rings. The molecule has 3 unspecified atom stereocenters. The van der Waals surface area contributed by atoms with Gasteiger partial charge in [-0.25, -0.2) is 0 Å². The van der Waals surface area contributed by atoms with Gasteiger partial charge in [0.05, 0.1) is 6.10 Å². The average molecular weight is 169 g/mol. The highest BCUT2D eigenvalue weighted by Crippen LogP contribution is 2.60. The monoisotopic (exact) mass is 168 g/mol. The van der Waals surface area contributed by atoms with E-state index < -0.39 is 4.33 Å². The van der Waals surface area contributed by atoms with Gasteiger partial charge < -0.3 is 5.11 Å². The van der Waals surface area contributed by atoms with Gasteiger partial charge in [0.15, 0.2) is 0 Å². The van der Waals surface area contributed by atoms with Gasteiger partial charge in [0.25, 0.3) is 0 Å². The number of alkyl halides is 2. The molecule has 1 fully saturated rings. The Morgan fingerprint density at radius 1 is 1.56 bits per heavy atom. The Morgan fingerprint density at radius 3 is 1.89 bits per heavy atom. The number of hydrogen-bond acceptors (Lipinski definition) is 1. The summed E-state index contributed by atoms with van der Waals surface area (Å²) < 4.78 is -0.659. The lowest BCUT2D eigenvalue weighted by Crippen LogP contribution is -2.07. The zero-order valence-electron chi connectivity index (χ0n) is 5.44.